The molecule has 0 aliphatic rings. The number of aromatic nitrogens is 1. The molecule has 0 unspecified atom stereocenters. The standard InChI is InChI=1S/C8H8F2N2O3/c9-5(10)3-15-6-2-1-4(8(13)14)7(11)12-6/h1-2,5H,3H2,(H2,11,12)(H,13,14). The number of ether oxygens (including phenoxy) is 1. The number of rotatable bonds is 4. The predicted molar refractivity (Wildman–Crippen MR) is 47.1 cm³/mol. The van der Waals surface area contributed by atoms with Crippen LogP contribution in [0.1, 0.15) is 10.4 Å². The number of pyridine rings is 1. The summed E-state index contributed by atoms with van der Waals surface area (Å²) >= 11 is 0. The van der Waals surface area contributed by atoms with Crippen LogP contribution in [-0.2, 0) is 0 Å². The molecule has 0 saturated heterocycles. The van der Waals surface area contributed by atoms with Crippen molar-refractivity contribution in [2.24, 2.45) is 0 Å². The molecule has 15 heavy (non-hydrogen) atoms. The van der Waals surface area contributed by atoms with E-state index in [-0.39, 0.29) is 17.3 Å². The number of nitrogens with zero attached hydrogens (tertiary/aromatic N) is 1. The van der Waals surface area contributed by atoms with Crippen LogP contribution in [0.4, 0.5) is 14.6 Å². The number of aromatic carboxylic acids is 1. The van der Waals surface area contributed by atoms with Crippen molar-refractivity contribution in [3.8, 4) is 5.88 Å². The van der Waals surface area contributed by atoms with Gasteiger partial charge in [0.1, 0.15) is 11.4 Å². The van der Waals surface area contributed by atoms with Crippen LogP contribution in [-0.4, -0.2) is 29.1 Å². The molecular formula is C8H8F2N2O3. The molecule has 0 aliphatic carbocycles. The van der Waals surface area contributed by atoms with E-state index in [0.29, 0.717) is 0 Å². The predicted octanol–water partition coefficient (Wildman–Crippen LogP) is 1.01. The first kappa shape index (κ1) is 11.2. The van der Waals surface area contributed by atoms with E-state index in [1.807, 2.05) is 0 Å². The number of halogens is 2. The first-order valence-electron chi connectivity index (χ1n) is 3.91. The largest absolute Gasteiger partial charge is 0.478 e. The van der Waals surface area contributed by atoms with Gasteiger partial charge in [-0.1, -0.05) is 0 Å². The van der Waals surface area contributed by atoms with Crippen LogP contribution in [0.2, 0.25) is 0 Å². The van der Waals surface area contributed by atoms with Gasteiger partial charge in [-0.25, -0.2) is 13.6 Å². The molecule has 0 fully saturated rings. The minimum atomic E-state index is -2.62. The van der Waals surface area contributed by atoms with Gasteiger partial charge in [0, 0.05) is 6.07 Å². The van der Waals surface area contributed by atoms with E-state index in [2.05, 4.69) is 9.72 Å². The zero-order valence-electron chi connectivity index (χ0n) is 7.48. The summed E-state index contributed by atoms with van der Waals surface area (Å²) < 4.78 is 28.0. The lowest BCUT2D eigenvalue weighted by Crippen LogP contribution is -2.10. The molecule has 0 aromatic carbocycles. The third-order valence-corrected chi connectivity index (χ3v) is 1.49. The van der Waals surface area contributed by atoms with Gasteiger partial charge in [0.2, 0.25) is 5.88 Å². The van der Waals surface area contributed by atoms with Gasteiger partial charge < -0.3 is 15.6 Å². The van der Waals surface area contributed by atoms with Gasteiger partial charge in [-0.3, -0.25) is 0 Å². The number of anilines is 1. The minimum Gasteiger partial charge on any atom is -0.478 e. The fraction of sp³-hybridized carbons (Fsp3) is 0.250. The number of carbonyl (C=O) groups is 1. The van der Waals surface area contributed by atoms with Crippen LogP contribution < -0.4 is 10.5 Å². The highest BCUT2D eigenvalue weighted by atomic mass is 19.3. The van der Waals surface area contributed by atoms with Crippen molar-refractivity contribution < 1.29 is 23.4 Å². The van der Waals surface area contributed by atoms with E-state index in [1.54, 1.807) is 0 Å². The zero-order chi connectivity index (χ0) is 11.4. The second kappa shape index (κ2) is 4.54. The lowest BCUT2D eigenvalue weighted by atomic mass is 10.2. The minimum absolute atomic E-state index is 0.127. The van der Waals surface area contributed by atoms with Crippen LogP contribution in [0.5, 0.6) is 5.88 Å². The highest BCUT2D eigenvalue weighted by molar-refractivity contribution is 5.92. The quantitative estimate of drug-likeness (QED) is 0.787. The Labute approximate surface area is 83.5 Å². The monoisotopic (exact) mass is 218 g/mol. The number of nitrogen functional groups attached to an aromatic ring is 1. The van der Waals surface area contributed by atoms with Gasteiger partial charge in [0.25, 0.3) is 6.43 Å². The van der Waals surface area contributed by atoms with Crippen LogP contribution >= 0.6 is 0 Å². The molecule has 1 aromatic rings. The number of hydrogen-bond acceptors (Lipinski definition) is 4. The maximum Gasteiger partial charge on any atom is 0.339 e. The van der Waals surface area contributed by atoms with Crippen molar-refractivity contribution in [1.82, 2.24) is 4.98 Å². The second-order valence-electron chi connectivity index (χ2n) is 2.59. The Hall–Kier alpha value is -1.92. The van der Waals surface area contributed by atoms with Crippen LogP contribution in [0.15, 0.2) is 12.1 Å². The smallest absolute Gasteiger partial charge is 0.339 e. The maximum absolute atomic E-state index is 11.8. The average Bonchev–Trinajstić information content (AvgIpc) is 2.14. The van der Waals surface area contributed by atoms with E-state index in [4.69, 9.17) is 10.8 Å². The summed E-state index contributed by atoms with van der Waals surface area (Å²) in [4.78, 5) is 14.0. The summed E-state index contributed by atoms with van der Waals surface area (Å²) in [6, 6.07) is 2.31. The molecule has 0 aliphatic heterocycles. The Morgan fingerprint density at radius 2 is 2.27 bits per heavy atom. The first-order valence-corrected chi connectivity index (χ1v) is 3.91. The van der Waals surface area contributed by atoms with Gasteiger partial charge in [-0.05, 0) is 6.07 Å². The van der Waals surface area contributed by atoms with E-state index < -0.39 is 19.0 Å². The van der Waals surface area contributed by atoms with Gasteiger partial charge >= 0.3 is 5.97 Å². The molecule has 82 valence electrons. The zero-order valence-corrected chi connectivity index (χ0v) is 7.48. The number of alkyl halides is 2. The van der Waals surface area contributed by atoms with E-state index >= 15 is 0 Å². The van der Waals surface area contributed by atoms with Crippen LogP contribution in [0, 0.1) is 0 Å². The number of carboxylic acid groups (broad SMARTS) is 1. The fourth-order valence-electron chi connectivity index (χ4n) is 0.866. The molecule has 3 N–H and O–H groups in total. The molecule has 7 heteroatoms. The summed E-state index contributed by atoms with van der Waals surface area (Å²) in [5, 5.41) is 8.59. The van der Waals surface area contributed by atoms with Crippen molar-refractivity contribution in [1.29, 1.82) is 0 Å². The lowest BCUT2D eigenvalue weighted by Gasteiger charge is -2.05. The molecule has 1 heterocycles. The Bertz CT molecular complexity index is 371. The van der Waals surface area contributed by atoms with Gasteiger partial charge in [-0.2, -0.15) is 4.98 Å². The number of hydrogen-bond donors (Lipinski definition) is 2. The molecule has 5 nitrogen and oxygen atoms in total. The van der Waals surface area contributed by atoms with E-state index in [9.17, 15) is 13.6 Å². The average molecular weight is 218 g/mol. The molecule has 0 spiro atoms. The van der Waals surface area contributed by atoms with Crippen LogP contribution in [0.3, 0.4) is 0 Å². The molecule has 0 radical (unpaired) electrons. The lowest BCUT2D eigenvalue weighted by molar-refractivity contribution is 0.0695. The molecule has 0 bridgehead atoms. The summed E-state index contributed by atoms with van der Waals surface area (Å²) in [6.45, 7) is -0.807. The first-order chi connectivity index (χ1) is 7.00. The molecule has 1 aromatic heterocycles. The topological polar surface area (TPSA) is 85.4 Å². The normalized spacial score (nSPS) is 10.3. The van der Waals surface area contributed by atoms with Gasteiger partial charge in [0.15, 0.2) is 6.61 Å². The van der Waals surface area contributed by atoms with Crippen molar-refractivity contribution in [3.63, 3.8) is 0 Å². The van der Waals surface area contributed by atoms with Crippen molar-refractivity contribution >= 4 is 11.8 Å². The maximum atomic E-state index is 11.8. The highest BCUT2D eigenvalue weighted by Gasteiger charge is 2.11. The molecule has 0 saturated carbocycles. The highest BCUT2D eigenvalue weighted by Crippen LogP contribution is 2.15. The van der Waals surface area contributed by atoms with Crippen molar-refractivity contribution in [2.45, 2.75) is 6.43 Å². The third kappa shape index (κ3) is 3.04. The van der Waals surface area contributed by atoms with Crippen LogP contribution in [0.25, 0.3) is 0 Å². The number of nitrogens with two attached hydrogens (primary N) is 1. The Kier molecular flexibility index (Phi) is 3.37. The molecular weight excluding hydrogens is 210 g/mol. The summed E-state index contributed by atoms with van der Waals surface area (Å²) in [6.07, 6.45) is -2.62. The molecule has 0 amide bonds. The van der Waals surface area contributed by atoms with Gasteiger partial charge in [0.05, 0.1) is 0 Å². The third-order valence-electron chi connectivity index (χ3n) is 1.49. The Balaban J connectivity index is 2.78. The number of carboxylic acids is 1. The Morgan fingerprint density at radius 3 is 2.73 bits per heavy atom. The molecule has 1 rings (SSSR count). The summed E-state index contributed by atoms with van der Waals surface area (Å²) in [7, 11) is 0. The second-order valence-corrected chi connectivity index (χ2v) is 2.59. The summed E-state index contributed by atoms with van der Waals surface area (Å²) in [5.74, 6) is -1.63. The molecule has 0 atom stereocenters. The van der Waals surface area contributed by atoms with E-state index in [1.165, 1.54) is 6.07 Å². The SMILES string of the molecule is Nc1nc(OCC(F)F)ccc1C(=O)O. The summed E-state index contributed by atoms with van der Waals surface area (Å²) in [5.41, 5.74) is 5.07. The Morgan fingerprint density at radius 1 is 1.60 bits per heavy atom. The van der Waals surface area contributed by atoms with Gasteiger partial charge in [-0.15, -0.1) is 0 Å². The van der Waals surface area contributed by atoms with Crippen molar-refractivity contribution in [2.75, 3.05) is 12.3 Å². The van der Waals surface area contributed by atoms with Crippen molar-refractivity contribution in [3.05, 3.63) is 17.7 Å². The fourth-order valence-corrected chi connectivity index (χ4v) is 0.866. The van der Waals surface area contributed by atoms with E-state index in [0.717, 1.165) is 6.07 Å².